The molecule has 37 heavy (non-hydrogen) atoms. The second kappa shape index (κ2) is 11.7. The maximum Gasteiger partial charge on any atom is 0.343 e. The minimum atomic E-state index is -0.766. The molecule has 0 aromatic heterocycles. The second-order valence-corrected chi connectivity index (χ2v) is 8.00. The standard InChI is InChI=1S/C29H26N2O6/c1-19(36-25-10-6-8-21-7-4-5-9-24(21)25)28(32)31-30-18-20-11-16-26(27(17-20)35-3)37-29(33)22-12-14-23(34-2)15-13-22/h4-19H,1-3H3,(H,31,32)/b30-18-/t19-/m1/s1. The third-order valence-electron chi connectivity index (χ3n) is 5.53. The highest BCUT2D eigenvalue weighted by molar-refractivity contribution is 5.92. The van der Waals surface area contributed by atoms with E-state index in [4.69, 9.17) is 18.9 Å². The van der Waals surface area contributed by atoms with Crippen LogP contribution in [-0.4, -0.2) is 38.4 Å². The number of fused-ring (bicyclic) bond motifs is 1. The number of nitrogens with one attached hydrogen (secondary N) is 1. The van der Waals surface area contributed by atoms with Crippen LogP contribution in [0.3, 0.4) is 0 Å². The van der Waals surface area contributed by atoms with Crippen LogP contribution in [0.2, 0.25) is 0 Å². The Balaban J connectivity index is 1.37. The lowest BCUT2D eigenvalue weighted by molar-refractivity contribution is -0.127. The molecule has 0 heterocycles. The summed E-state index contributed by atoms with van der Waals surface area (Å²) >= 11 is 0. The smallest absolute Gasteiger partial charge is 0.343 e. The molecule has 0 spiro atoms. The molecule has 4 aromatic carbocycles. The van der Waals surface area contributed by atoms with Crippen molar-refractivity contribution in [2.75, 3.05) is 14.2 Å². The van der Waals surface area contributed by atoms with Gasteiger partial charge in [0.05, 0.1) is 26.0 Å². The Morgan fingerprint density at radius 1 is 0.838 bits per heavy atom. The number of amides is 1. The fourth-order valence-electron chi connectivity index (χ4n) is 3.54. The van der Waals surface area contributed by atoms with Crippen molar-refractivity contribution in [3.05, 3.63) is 96.1 Å². The molecule has 188 valence electrons. The van der Waals surface area contributed by atoms with Crippen molar-refractivity contribution in [2.24, 2.45) is 5.10 Å². The van der Waals surface area contributed by atoms with Crippen molar-refractivity contribution in [1.82, 2.24) is 5.43 Å². The first-order valence-corrected chi connectivity index (χ1v) is 11.5. The third kappa shape index (κ3) is 6.24. The molecule has 0 saturated heterocycles. The van der Waals surface area contributed by atoms with Crippen LogP contribution in [0.4, 0.5) is 0 Å². The summed E-state index contributed by atoms with van der Waals surface area (Å²) in [6.45, 7) is 1.65. The minimum absolute atomic E-state index is 0.251. The average Bonchev–Trinajstić information content (AvgIpc) is 2.93. The van der Waals surface area contributed by atoms with Crippen LogP contribution >= 0.6 is 0 Å². The molecule has 0 aliphatic rings. The molecule has 0 aliphatic carbocycles. The summed E-state index contributed by atoms with van der Waals surface area (Å²) in [6.07, 6.45) is 0.692. The number of hydrogen-bond donors (Lipinski definition) is 1. The molecule has 0 saturated carbocycles. The molecule has 8 nitrogen and oxygen atoms in total. The van der Waals surface area contributed by atoms with Crippen LogP contribution in [0.1, 0.15) is 22.8 Å². The zero-order valence-electron chi connectivity index (χ0n) is 20.6. The van der Waals surface area contributed by atoms with Crippen molar-refractivity contribution in [3.8, 4) is 23.0 Å². The van der Waals surface area contributed by atoms with E-state index in [0.717, 1.165) is 10.8 Å². The van der Waals surface area contributed by atoms with Crippen molar-refractivity contribution in [1.29, 1.82) is 0 Å². The van der Waals surface area contributed by atoms with E-state index in [1.807, 2.05) is 42.5 Å². The zero-order chi connectivity index (χ0) is 26.2. The highest BCUT2D eigenvalue weighted by atomic mass is 16.6. The molecule has 0 bridgehead atoms. The van der Waals surface area contributed by atoms with Crippen LogP contribution in [-0.2, 0) is 4.79 Å². The van der Waals surface area contributed by atoms with E-state index in [1.165, 1.54) is 13.3 Å². The Morgan fingerprint density at radius 3 is 2.35 bits per heavy atom. The van der Waals surface area contributed by atoms with Crippen LogP contribution in [0, 0.1) is 0 Å². The SMILES string of the molecule is COc1ccc(C(=O)Oc2ccc(/C=N\NC(=O)[C@@H](C)Oc3cccc4ccccc34)cc2OC)cc1. The van der Waals surface area contributed by atoms with Gasteiger partial charge in [-0.05, 0) is 66.4 Å². The van der Waals surface area contributed by atoms with Gasteiger partial charge < -0.3 is 18.9 Å². The number of esters is 1. The number of benzene rings is 4. The van der Waals surface area contributed by atoms with Gasteiger partial charge in [0.2, 0.25) is 0 Å². The molecule has 0 aliphatic heterocycles. The highest BCUT2D eigenvalue weighted by Gasteiger charge is 2.16. The van der Waals surface area contributed by atoms with Crippen molar-refractivity contribution >= 4 is 28.9 Å². The van der Waals surface area contributed by atoms with E-state index in [-0.39, 0.29) is 5.75 Å². The Morgan fingerprint density at radius 2 is 1.59 bits per heavy atom. The number of rotatable bonds is 9. The van der Waals surface area contributed by atoms with E-state index in [1.54, 1.807) is 56.5 Å². The Hall–Kier alpha value is -4.85. The van der Waals surface area contributed by atoms with Gasteiger partial charge >= 0.3 is 5.97 Å². The lowest BCUT2D eigenvalue weighted by atomic mass is 10.1. The van der Waals surface area contributed by atoms with Gasteiger partial charge in [-0.1, -0.05) is 36.4 Å². The molecular formula is C29H26N2O6. The normalized spacial score (nSPS) is 11.6. The first kappa shape index (κ1) is 25.2. The number of carbonyl (C=O) groups excluding carboxylic acids is 2. The maximum absolute atomic E-state index is 12.5. The largest absolute Gasteiger partial charge is 0.497 e. The Bertz CT molecular complexity index is 1430. The van der Waals surface area contributed by atoms with E-state index in [9.17, 15) is 9.59 Å². The van der Waals surface area contributed by atoms with Crippen LogP contribution in [0.15, 0.2) is 90.0 Å². The second-order valence-electron chi connectivity index (χ2n) is 8.00. The summed E-state index contributed by atoms with van der Waals surface area (Å²) in [7, 11) is 3.02. The van der Waals surface area contributed by atoms with Crippen molar-refractivity contribution < 1.29 is 28.5 Å². The van der Waals surface area contributed by atoms with Crippen molar-refractivity contribution in [2.45, 2.75) is 13.0 Å². The summed E-state index contributed by atoms with van der Waals surface area (Å²) in [5.74, 6) is 0.913. The number of nitrogens with zero attached hydrogens (tertiary/aromatic N) is 1. The van der Waals surface area contributed by atoms with Gasteiger partial charge in [-0.3, -0.25) is 4.79 Å². The number of hydrazone groups is 1. The minimum Gasteiger partial charge on any atom is -0.497 e. The highest BCUT2D eigenvalue weighted by Crippen LogP contribution is 2.29. The lowest BCUT2D eigenvalue weighted by Gasteiger charge is -2.14. The predicted octanol–water partition coefficient (Wildman–Crippen LogP) is 4.99. The molecule has 0 radical (unpaired) electrons. The monoisotopic (exact) mass is 498 g/mol. The average molecular weight is 499 g/mol. The van der Waals surface area contributed by atoms with Crippen LogP contribution < -0.4 is 24.4 Å². The fourth-order valence-corrected chi connectivity index (χ4v) is 3.54. The number of ether oxygens (including phenoxy) is 4. The van der Waals surface area contributed by atoms with E-state index < -0.39 is 18.0 Å². The van der Waals surface area contributed by atoms with Crippen LogP contribution in [0.5, 0.6) is 23.0 Å². The fraction of sp³-hybridized carbons (Fsp3) is 0.138. The molecule has 8 heteroatoms. The Kier molecular flexibility index (Phi) is 8.00. The first-order chi connectivity index (χ1) is 18.0. The summed E-state index contributed by atoms with van der Waals surface area (Å²) in [5, 5.41) is 5.97. The molecular weight excluding hydrogens is 472 g/mol. The summed E-state index contributed by atoms with van der Waals surface area (Å²) in [5.41, 5.74) is 3.48. The van der Waals surface area contributed by atoms with Crippen molar-refractivity contribution in [3.63, 3.8) is 0 Å². The number of methoxy groups -OCH3 is 2. The molecule has 1 atom stereocenters. The molecule has 4 aromatic rings. The van der Waals surface area contributed by atoms with E-state index in [0.29, 0.717) is 28.4 Å². The van der Waals surface area contributed by atoms with Gasteiger partial charge in [-0.2, -0.15) is 5.10 Å². The molecule has 0 unspecified atom stereocenters. The van der Waals surface area contributed by atoms with Gasteiger partial charge in [0, 0.05) is 5.39 Å². The predicted molar refractivity (Wildman–Crippen MR) is 141 cm³/mol. The van der Waals surface area contributed by atoms with Gasteiger partial charge in [0.25, 0.3) is 5.91 Å². The van der Waals surface area contributed by atoms with Gasteiger partial charge in [0.15, 0.2) is 17.6 Å². The quantitative estimate of drug-likeness (QED) is 0.151. The lowest BCUT2D eigenvalue weighted by Crippen LogP contribution is -2.33. The first-order valence-electron chi connectivity index (χ1n) is 11.5. The van der Waals surface area contributed by atoms with E-state index in [2.05, 4.69) is 10.5 Å². The maximum atomic E-state index is 12.5. The summed E-state index contributed by atoms with van der Waals surface area (Å²) in [6, 6.07) is 25.0. The Labute approximate surface area is 214 Å². The molecule has 1 amide bonds. The van der Waals surface area contributed by atoms with Gasteiger partial charge in [-0.15, -0.1) is 0 Å². The topological polar surface area (TPSA) is 95.5 Å². The molecule has 0 fully saturated rings. The van der Waals surface area contributed by atoms with Gasteiger partial charge in [-0.25, -0.2) is 10.2 Å². The molecule has 4 rings (SSSR count). The van der Waals surface area contributed by atoms with E-state index >= 15 is 0 Å². The number of carbonyl (C=O) groups is 2. The molecule has 1 N–H and O–H groups in total. The number of hydrogen-bond acceptors (Lipinski definition) is 7. The van der Waals surface area contributed by atoms with Gasteiger partial charge in [0.1, 0.15) is 11.5 Å². The third-order valence-corrected chi connectivity index (χ3v) is 5.53. The van der Waals surface area contributed by atoms with Crippen LogP contribution in [0.25, 0.3) is 10.8 Å². The summed E-state index contributed by atoms with van der Waals surface area (Å²) in [4.78, 5) is 25.0. The summed E-state index contributed by atoms with van der Waals surface area (Å²) < 4.78 is 21.8. The zero-order valence-corrected chi connectivity index (χ0v) is 20.6.